The van der Waals surface area contributed by atoms with Gasteiger partial charge in [-0.3, -0.25) is 9.48 Å². The Bertz CT molecular complexity index is 768. The van der Waals surface area contributed by atoms with E-state index in [4.69, 9.17) is 14.2 Å². The molecule has 1 N–H and O–H groups in total. The summed E-state index contributed by atoms with van der Waals surface area (Å²) in [6.07, 6.45) is 3.64. The van der Waals surface area contributed by atoms with Crippen LogP contribution in [0.1, 0.15) is 24.4 Å². The topological polar surface area (TPSA) is 98.9 Å². The molecule has 152 valence electrons. The number of hydrogen-bond donors (Lipinski definition) is 1. The van der Waals surface area contributed by atoms with Gasteiger partial charge in [-0.25, -0.2) is 4.98 Å². The van der Waals surface area contributed by atoms with E-state index in [1.165, 1.54) is 6.33 Å². The van der Waals surface area contributed by atoms with Crippen LogP contribution in [0.3, 0.4) is 0 Å². The summed E-state index contributed by atoms with van der Waals surface area (Å²) >= 11 is 0. The summed E-state index contributed by atoms with van der Waals surface area (Å²) in [5.74, 6) is 1.19. The van der Waals surface area contributed by atoms with Crippen LogP contribution in [0.15, 0.2) is 30.9 Å². The molecule has 1 aliphatic heterocycles. The van der Waals surface area contributed by atoms with Crippen LogP contribution in [0.5, 0.6) is 11.5 Å². The SMILES string of the molecule is COc1ccc([C@H]2[C@H](CO)OCCN2C(=O)CCCn2cncn2)cc1OC. The maximum absolute atomic E-state index is 12.9. The quantitative estimate of drug-likeness (QED) is 0.719. The zero-order valence-electron chi connectivity index (χ0n) is 16.2. The number of hydrogen-bond acceptors (Lipinski definition) is 7. The molecule has 0 spiro atoms. The Morgan fingerprint density at radius 2 is 2.14 bits per heavy atom. The van der Waals surface area contributed by atoms with Gasteiger partial charge in [-0.05, 0) is 24.1 Å². The smallest absolute Gasteiger partial charge is 0.223 e. The molecule has 0 radical (unpaired) electrons. The minimum atomic E-state index is -0.494. The van der Waals surface area contributed by atoms with Gasteiger partial charge in [0, 0.05) is 19.5 Å². The largest absolute Gasteiger partial charge is 0.493 e. The van der Waals surface area contributed by atoms with E-state index in [2.05, 4.69) is 10.1 Å². The molecule has 9 nitrogen and oxygen atoms in total. The lowest BCUT2D eigenvalue weighted by molar-refractivity contribution is -0.150. The molecule has 0 unspecified atom stereocenters. The first kappa shape index (κ1) is 20.1. The highest BCUT2D eigenvalue weighted by atomic mass is 16.5. The Morgan fingerprint density at radius 3 is 2.82 bits per heavy atom. The van der Waals surface area contributed by atoms with Gasteiger partial charge in [-0.15, -0.1) is 0 Å². The number of carbonyl (C=O) groups excluding carboxylic acids is 1. The van der Waals surface area contributed by atoms with Gasteiger partial charge in [-0.2, -0.15) is 5.10 Å². The number of aromatic nitrogens is 3. The Kier molecular flexibility index (Phi) is 6.83. The van der Waals surface area contributed by atoms with E-state index in [0.717, 1.165) is 5.56 Å². The molecule has 0 aliphatic carbocycles. The van der Waals surface area contributed by atoms with Crippen molar-refractivity contribution < 1.29 is 24.1 Å². The van der Waals surface area contributed by atoms with Gasteiger partial charge >= 0.3 is 0 Å². The van der Waals surface area contributed by atoms with Crippen LogP contribution in [0.25, 0.3) is 0 Å². The van der Waals surface area contributed by atoms with Gasteiger partial charge in [0.1, 0.15) is 18.8 Å². The Labute approximate surface area is 163 Å². The fourth-order valence-corrected chi connectivity index (χ4v) is 3.48. The van der Waals surface area contributed by atoms with Crippen molar-refractivity contribution in [2.24, 2.45) is 0 Å². The molecule has 2 atom stereocenters. The number of methoxy groups -OCH3 is 2. The summed E-state index contributed by atoms with van der Waals surface area (Å²) in [5.41, 5.74) is 0.834. The van der Waals surface area contributed by atoms with Crippen molar-refractivity contribution in [1.29, 1.82) is 0 Å². The maximum Gasteiger partial charge on any atom is 0.223 e. The second kappa shape index (κ2) is 9.52. The minimum Gasteiger partial charge on any atom is -0.493 e. The summed E-state index contributed by atoms with van der Waals surface area (Å²) in [4.78, 5) is 18.6. The Hall–Kier alpha value is -2.65. The molecule has 3 rings (SSSR count). The molecule has 2 heterocycles. The van der Waals surface area contributed by atoms with Crippen LogP contribution < -0.4 is 9.47 Å². The van der Waals surface area contributed by atoms with Crippen LogP contribution in [0, 0.1) is 0 Å². The molecule has 1 aromatic heterocycles. The van der Waals surface area contributed by atoms with E-state index in [-0.39, 0.29) is 12.5 Å². The number of ether oxygens (including phenoxy) is 3. The van der Waals surface area contributed by atoms with Crippen molar-refractivity contribution in [2.75, 3.05) is 34.0 Å². The van der Waals surface area contributed by atoms with Crippen molar-refractivity contribution in [2.45, 2.75) is 31.5 Å². The number of carbonyl (C=O) groups is 1. The number of aryl methyl sites for hydroxylation is 1. The van der Waals surface area contributed by atoms with E-state index in [1.54, 1.807) is 36.2 Å². The van der Waals surface area contributed by atoms with Crippen molar-refractivity contribution in [3.05, 3.63) is 36.4 Å². The number of benzene rings is 1. The van der Waals surface area contributed by atoms with Crippen LogP contribution in [-0.2, 0) is 16.1 Å². The lowest BCUT2D eigenvalue weighted by atomic mass is 9.97. The fourth-order valence-electron chi connectivity index (χ4n) is 3.48. The number of aliphatic hydroxyl groups is 1. The lowest BCUT2D eigenvalue weighted by Gasteiger charge is -2.41. The summed E-state index contributed by atoms with van der Waals surface area (Å²) < 4.78 is 18.1. The number of nitrogens with zero attached hydrogens (tertiary/aromatic N) is 4. The van der Waals surface area contributed by atoms with Crippen LogP contribution in [0.2, 0.25) is 0 Å². The highest BCUT2D eigenvalue weighted by Gasteiger charge is 2.36. The highest BCUT2D eigenvalue weighted by Crippen LogP contribution is 2.36. The third kappa shape index (κ3) is 4.42. The normalized spacial score (nSPS) is 19.5. The zero-order chi connectivity index (χ0) is 19.9. The number of morpholine rings is 1. The summed E-state index contributed by atoms with van der Waals surface area (Å²) in [7, 11) is 3.14. The third-order valence-corrected chi connectivity index (χ3v) is 4.85. The second-order valence-corrected chi connectivity index (χ2v) is 6.50. The molecule has 9 heteroatoms. The summed E-state index contributed by atoms with van der Waals surface area (Å²) in [6, 6.07) is 5.11. The molecule has 1 aromatic carbocycles. The Morgan fingerprint density at radius 1 is 1.32 bits per heavy atom. The number of aliphatic hydroxyl groups excluding tert-OH is 1. The first-order valence-electron chi connectivity index (χ1n) is 9.24. The van der Waals surface area contributed by atoms with E-state index in [0.29, 0.717) is 44.0 Å². The fraction of sp³-hybridized carbons (Fsp3) is 0.526. The van der Waals surface area contributed by atoms with E-state index >= 15 is 0 Å². The van der Waals surface area contributed by atoms with Crippen molar-refractivity contribution in [3.63, 3.8) is 0 Å². The van der Waals surface area contributed by atoms with Crippen molar-refractivity contribution in [3.8, 4) is 11.5 Å². The van der Waals surface area contributed by atoms with Crippen molar-refractivity contribution >= 4 is 5.91 Å². The molecular formula is C19H26N4O5. The van der Waals surface area contributed by atoms with Gasteiger partial charge < -0.3 is 24.2 Å². The standard InChI is InChI=1S/C19H26N4O5/c1-26-15-6-5-14(10-16(15)27-2)19-17(11-24)28-9-8-23(19)18(25)4-3-7-22-13-20-12-21-22/h5-6,10,12-13,17,19,24H,3-4,7-9,11H2,1-2H3/t17-,19-/m0/s1. The van der Waals surface area contributed by atoms with Gasteiger partial charge in [0.15, 0.2) is 11.5 Å². The molecule has 28 heavy (non-hydrogen) atoms. The molecule has 1 saturated heterocycles. The Balaban J connectivity index is 1.77. The predicted molar refractivity (Wildman–Crippen MR) is 100 cm³/mol. The van der Waals surface area contributed by atoms with Gasteiger partial charge in [0.25, 0.3) is 0 Å². The van der Waals surface area contributed by atoms with Gasteiger partial charge in [0.05, 0.1) is 33.5 Å². The van der Waals surface area contributed by atoms with E-state index in [1.807, 2.05) is 12.1 Å². The van der Waals surface area contributed by atoms with E-state index < -0.39 is 12.1 Å². The van der Waals surface area contributed by atoms with Crippen LogP contribution in [-0.4, -0.2) is 70.8 Å². The molecule has 1 aliphatic rings. The van der Waals surface area contributed by atoms with Crippen LogP contribution in [0.4, 0.5) is 0 Å². The summed E-state index contributed by atoms with van der Waals surface area (Å²) in [6.45, 7) is 1.31. The third-order valence-electron chi connectivity index (χ3n) is 4.85. The molecule has 0 saturated carbocycles. The van der Waals surface area contributed by atoms with Gasteiger partial charge in [-0.1, -0.05) is 6.07 Å². The zero-order valence-corrected chi connectivity index (χ0v) is 16.2. The average Bonchev–Trinajstić information content (AvgIpc) is 3.26. The van der Waals surface area contributed by atoms with Gasteiger partial charge in [0.2, 0.25) is 5.91 Å². The predicted octanol–water partition coefficient (Wildman–Crippen LogP) is 1.04. The average molecular weight is 390 g/mol. The molecular weight excluding hydrogens is 364 g/mol. The highest BCUT2D eigenvalue weighted by molar-refractivity contribution is 5.77. The summed E-state index contributed by atoms with van der Waals surface area (Å²) in [5, 5.41) is 13.9. The number of amides is 1. The van der Waals surface area contributed by atoms with E-state index in [9.17, 15) is 9.90 Å². The van der Waals surface area contributed by atoms with Crippen molar-refractivity contribution in [1.82, 2.24) is 19.7 Å². The monoisotopic (exact) mass is 390 g/mol. The first-order chi connectivity index (χ1) is 13.7. The minimum absolute atomic E-state index is 0.0154. The maximum atomic E-state index is 12.9. The molecule has 0 bridgehead atoms. The lowest BCUT2D eigenvalue weighted by Crippen LogP contribution is -2.49. The molecule has 2 aromatic rings. The second-order valence-electron chi connectivity index (χ2n) is 6.50. The first-order valence-corrected chi connectivity index (χ1v) is 9.24. The number of rotatable bonds is 8. The molecule has 1 fully saturated rings. The van der Waals surface area contributed by atoms with Crippen LogP contribution >= 0.6 is 0 Å². The molecule has 1 amide bonds.